The van der Waals surface area contributed by atoms with Gasteiger partial charge in [0.2, 0.25) is 5.91 Å². The SMILES string of the molecule is CC[C@H](C)[C@H]1C(=O)Nc2ccccc2[C@@H](C)N1C(N)=O. The van der Waals surface area contributed by atoms with Crippen molar-refractivity contribution in [1.82, 2.24) is 4.90 Å². The van der Waals surface area contributed by atoms with Crippen LogP contribution in [-0.4, -0.2) is 22.9 Å². The number of hydrogen-bond acceptors (Lipinski definition) is 2. The Hall–Kier alpha value is -2.04. The standard InChI is InChI=1S/C15H21N3O2/c1-4-9(2)13-14(19)17-12-8-6-5-7-11(12)10(3)18(13)15(16)20/h5-10,13H,4H2,1-3H3,(H2,16,20)(H,17,19)/t9-,10+,13-/m0/s1. The Balaban J connectivity index is 2.53. The van der Waals surface area contributed by atoms with Crippen molar-refractivity contribution in [3.05, 3.63) is 29.8 Å². The molecule has 0 spiro atoms. The fraction of sp³-hybridized carbons (Fsp3) is 0.467. The summed E-state index contributed by atoms with van der Waals surface area (Å²) in [4.78, 5) is 25.8. The number of hydrogen-bond donors (Lipinski definition) is 2. The fourth-order valence-corrected chi connectivity index (χ4v) is 2.78. The van der Waals surface area contributed by atoms with Crippen LogP contribution >= 0.6 is 0 Å². The van der Waals surface area contributed by atoms with Crippen LogP contribution in [0.15, 0.2) is 24.3 Å². The van der Waals surface area contributed by atoms with Gasteiger partial charge in [0.25, 0.3) is 0 Å². The van der Waals surface area contributed by atoms with E-state index in [4.69, 9.17) is 5.73 Å². The Morgan fingerprint density at radius 3 is 2.70 bits per heavy atom. The number of benzene rings is 1. The highest BCUT2D eigenvalue weighted by atomic mass is 16.2. The molecule has 0 fully saturated rings. The number of nitrogens with zero attached hydrogens (tertiary/aromatic N) is 1. The Morgan fingerprint density at radius 1 is 1.45 bits per heavy atom. The summed E-state index contributed by atoms with van der Waals surface area (Å²) in [6.07, 6.45) is 0.797. The average Bonchev–Trinajstić information content (AvgIpc) is 2.53. The third-order valence-electron chi connectivity index (χ3n) is 4.09. The van der Waals surface area contributed by atoms with Crippen molar-refractivity contribution < 1.29 is 9.59 Å². The Labute approximate surface area is 119 Å². The maximum Gasteiger partial charge on any atom is 0.315 e. The predicted octanol–water partition coefficient (Wildman–Crippen LogP) is 2.50. The number of fused-ring (bicyclic) bond motifs is 1. The van der Waals surface area contributed by atoms with Crippen molar-refractivity contribution in [3.8, 4) is 0 Å². The van der Waals surface area contributed by atoms with Crippen molar-refractivity contribution in [3.63, 3.8) is 0 Å². The van der Waals surface area contributed by atoms with Crippen LogP contribution < -0.4 is 11.1 Å². The zero-order valence-corrected chi connectivity index (χ0v) is 12.1. The van der Waals surface area contributed by atoms with Gasteiger partial charge in [0, 0.05) is 5.69 Å². The highest BCUT2D eigenvalue weighted by Crippen LogP contribution is 2.34. The summed E-state index contributed by atoms with van der Waals surface area (Å²) in [5, 5.41) is 2.91. The van der Waals surface area contributed by atoms with Crippen LogP contribution in [0.4, 0.5) is 10.5 Å². The molecule has 0 aliphatic carbocycles. The first kappa shape index (κ1) is 14.4. The molecule has 0 radical (unpaired) electrons. The second-order valence-electron chi connectivity index (χ2n) is 5.33. The van der Waals surface area contributed by atoms with E-state index in [1.807, 2.05) is 45.0 Å². The number of anilines is 1. The second-order valence-corrected chi connectivity index (χ2v) is 5.33. The van der Waals surface area contributed by atoms with Crippen molar-refractivity contribution in [2.75, 3.05) is 5.32 Å². The first-order valence-corrected chi connectivity index (χ1v) is 6.95. The summed E-state index contributed by atoms with van der Waals surface area (Å²) >= 11 is 0. The van der Waals surface area contributed by atoms with Crippen LogP contribution in [0.2, 0.25) is 0 Å². The van der Waals surface area contributed by atoms with Crippen LogP contribution in [0.5, 0.6) is 0 Å². The monoisotopic (exact) mass is 275 g/mol. The van der Waals surface area contributed by atoms with E-state index in [1.165, 1.54) is 4.90 Å². The van der Waals surface area contributed by atoms with Gasteiger partial charge in [0.05, 0.1) is 6.04 Å². The van der Waals surface area contributed by atoms with Gasteiger partial charge in [-0.3, -0.25) is 4.79 Å². The first-order chi connectivity index (χ1) is 9.47. The number of urea groups is 1. The minimum Gasteiger partial charge on any atom is -0.351 e. The van der Waals surface area contributed by atoms with Gasteiger partial charge < -0.3 is 16.0 Å². The molecule has 1 aromatic rings. The molecule has 5 nitrogen and oxygen atoms in total. The molecule has 0 bridgehead atoms. The van der Waals surface area contributed by atoms with Gasteiger partial charge in [-0.2, -0.15) is 0 Å². The molecule has 20 heavy (non-hydrogen) atoms. The molecule has 0 aromatic heterocycles. The highest BCUT2D eigenvalue weighted by molar-refractivity contribution is 5.99. The number of carbonyl (C=O) groups is 2. The van der Waals surface area contributed by atoms with E-state index in [0.717, 1.165) is 17.7 Å². The summed E-state index contributed by atoms with van der Waals surface area (Å²) in [5.74, 6) is -0.130. The molecule has 1 aliphatic heterocycles. The summed E-state index contributed by atoms with van der Waals surface area (Å²) < 4.78 is 0. The molecule has 1 aromatic carbocycles. The van der Waals surface area contributed by atoms with Crippen LogP contribution in [0.3, 0.4) is 0 Å². The van der Waals surface area contributed by atoms with Gasteiger partial charge in [-0.15, -0.1) is 0 Å². The van der Waals surface area contributed by atoms with E-state index in [1.54, 1.807) is 0 Å². The number of nitrogens with two attached hydrogens (primary N) is 1. The maximum absolute atomic E-state index is 12.5. The third-order valence-corrected chi connectivity index (χ3v) is 4.09. The minimum atomic E-state index is -0.561. The molecule has 3 atom stereocenters. The summed E-state index contributed by atoms with van der Waals surface area (Å²) in [6, 6.07) is 6.18. The van der Waals surface area contributed by atoms with Crippen LogP contribution in [0, 0.1) is 5.92 Å². The fourth-order valence-electron chi connectivity index (χ4n) is 2.78. The Kier molecular flexibility index (Phi) is 3.97. The highest BCUT2D eigenvalue weighted by Gasteiger charge is 2.39. The van der Waals surface area contributed by atoms with Gasteiger partial charge in [-0.1, -0.05) is 38.5 Å². The molecular weight excluding hydrogens is 254 g/mol. The van der Waals surface area contributed by atoms with Crippen LogP contribution in [0.25, 0.3) is 0 Å². The van der Waals surface area contributed by atoms with Crippen molar-refractivity contribution in [2.45, 2.75) is 39.3 Å². The van der Waals surface area contributed by atoms with Crippen molar-refractivity contribution in [2.24, 2.45) is 11.7 Å². The van der Waals surface area contributed by atoms with E-state index in [-0.39, 0.29) is 17.9 Å². The van der Waals surface area contributed by atoms with E-state index >= 15 is 0 Å². The van der Waals surface area contributed by atoms with Crippen LogP contribution in [0.1, 0.15) is 38.8 Å². The number of rotatable bonds is 2. The summed E-state index contributed by atoms with van der Waals surface area (Å²) in [7, 11) is 0. The van der Waals surface area contributed by atoms with Gasteiger partial charge in [0.1, 0.15) is 6.04 Å². The van der Waals surface area contributed by atoms with E-state index < -0.39 is 12.1 Å². The minimum absolute atomic E-state index is 0.0410. The second kappa shape index (κ2) is 5.53. The molecule has 0 saturated heterocycles. The molecule has 3 N–H and O–H groups in total. The molecule has 1 aliphatic rings. The number of para-hydroxylation sites is 1. The topological polar surface area (TPSA) is 75.4 Å². The largest absolute Gasteiger partial charge is 0.351 e. The Morgan fingerprint density at radius 2 is 2.10 bits per heavy atom. The molecule has 5 heteroatoms. The summed E-state index contributed by atoms with van der Waals surface area (Å²) in [5.41, 5.74) is 7.20. The lowest BCUT2D eigenvalue weighted by Gasteiger charge is -2.35. The predicted molar refractivity (Wildman–Crippen MR) is 78.2 cm³/mol. The lowest BCUT2D eigenvalue weighted by molar-refractivity contribution is -0.122. The van der Waals surface area contributed by atoms with E-state index in [2.05, 4.69) is 5.32 Å². The molecule has 0 unspecified atom stereocenters. The van der Waals surface area contributed by atoms with Crippen molar-refractivity contribution in [1.29, 1.82) is 0 Å². The zero-order chi connectivity index (χ0) is 14.9. The molecule has 0 saturated carbocycles. The van der Waals surface area contributed by atoms with Gasteiger partial charge in [-0.25, -0.2) is 4.79 Å². The van der Waals surface area contributed by atoms with Crippen LogP contribution in [-0.2, 0) is 4.79 Å². The first-order valence-electron chi connectivity index (χ1n) is 6.95. The van der Waals surface area contributed by atoms with Gasteiger partial charge in [-0.05, 0) is 24.5 Å². The van der Waals surface area contributed by atoms with Gasteiger partial charge in [0.15, 0.2) is 0 Å². The lowest BCUT2D eigenvalue weighted by atomic mass is 9.95. The quantitative estimate of drug-likeness (QED) is 0.870. The van der Waals surface area contributed by atoms with Crippen molar-refractivity contribution >= 4 is 17.6 Å². The number of primary amides is 1. The molecular formula is C15H21N3O2. The third kappa shape index (κ3) is 2.35. The van der Waals surface area contributed by atoms with E-state index in [0.29, 0.717) is 0 Å². The maximum atomic E-state index is 12.5. The Bertz CT molecular complexity index is 530. The number of amides is 3. The number of nitrogens with one attached hydrogen (secondary N) is 1. The molecule has 108 valence electrons. The zero-order valence-electron chi connectivity index (χ0n) is 12.1. The molecule has 3 amide bonds. The normalized spacial score (nSPS) is 23.6. The number of carbonyl (C=O) groups excluding carboxylic acids is 2. The van der Waals surface area contributed by atoms with E-state index in [9.17, 15) is 9.59 Å². The average molecular weight is 275 g/mol. The smallest absolute Gasteiger partial charge is 0.315 e. The summed E-state index contributed by atoms with van der Waals surface area (Å²) in [6.45, 7) is 5.86. The molecule has 2 rings (SSSR count). The van der Waals surface area contributed by atoms with Gasteiger partial charge >= 0.3 is 6.03 Å². The lowest BCUT2D eigenvalue weighted by Crippen LogP contribution is -2.52. The molecule has 1 heterocycles.